The van der Waals surface area contributed by atoms with Crippen LogP contribution in [0, 0.1) is 0 Å². The van der Waals surface area contributed by atoms with Gasteiger partial charge in [0.15, 0.2) is 0 Å². The number of aryl methyl sites for hydroxylation is 2. The summed E-state index contributed by atoms with van der Waals surface area (Å²) in [5.41, 5.74) is 1.99. The number of aromatic amines is 1. The Morgan fingerprint density at radius 3 is 2.90 bits per heavy atom. The Kier molecular flexibility index (Phi) is 4.80. The van der Waals surface area contributed by atoms with Gasteiger partial charge in [-0.3, -0.25) is 4.79 Å². The molecule has 8 nitrogen and oxygen atoms in total. The number of thioether (sulfide) groups is 1. The first-order valence-corrected chi connectivity index (χ1v) is 11.1. The first kappa shape index (κ1) is 18.3. The Morgan fingerprint density at radius 2 is 2.07 bits per heavy atom. The van der Waals surface area contributed by atoms with Gasteiger partial charge in [0.1, 0.15) is 16.4 Å². The van der Waals surface area contributed by atoms with Crippen molar-refractivity contribution in [2.24, 2.45) is 0 Å². The van der Waals surface area contributed by atoms with Crippen molar-refractivity contribution in [3.8, 4) is 11.4 Å². The number of ether oxygens (including phenoxy) is 1. The number of hydrogen-bond acceptors (Lipinski definition) is 8. The standard InChI is InChI=1S/C19H18N6O2S2/c1-27-12-8-6-11(7-9-12)25-19(22-23-24-25)28-10-15-20-17(26)16-13-4-2-3-5-14(13)29-18(16)21-15/h6-9H,2-5,10H2,1H3,(H,20,21,26). The van der Waals surface area contributed by atoms with Crippen molar-refractivity contribution in [2.45, 2.75) is 36.6 Å². The molecule has 0 fully saturated rings. The van der Waals surface area contributed by atoms with Gasteiger partial charge in [0.05, 0.1) is 23.9 Å². The fraction of sp³-hybridized carbons (Fsp3) is 0.316. The minimum absolute atomic E-state index is 0.0419. The van der Waals surface area contributed by atoms with E-state index in [2.05, 4.69) is 20.5 Å². The molecule has 0 spiro atoms. The average Bonchev–Trinajstić information content (AvgIpc) is 3.36. The Bertz CT molecular complexity index is 1230. The summed E-state index contributed by atoms with van der Waals surface area (Å²) in [5.74, 6) is 1.88. The van der Waals surface area contributed by atoms with Crippen LogP contribution >= 0.6 is 23.1 Å². The summed E-state index contributed by atoms with van der Waals surface area (Å²) in [4.78, 5) is 22.5. The zero-order chi connectivity index (χ0) is 19.8. The van der Waals surface area contributed by atoms with Crippen molar-refractivity contribution < 1.29 is 4.74 Å². The summed E-state index contributed by atoms with van der Waals surface area (Å²) < 4.78 is 6.85. The third-order valence-electron chi connectivity index (χ3n) is 4.97. The van der Waals surface area contributed by atoms with E-state index in [0.717, 1.165) is 40.9 Å². The molecule has 0 radical (unpaired) electrons. The van der Waals surface area contributed by atoms with Crippen molar-refractivity contribution >= 4 is 33.3 Å². The SMILES string of the molecule is COc1ccc(-n2nnnc2SCc2nc3sc4c(c3c(=O)[nH]2)CCCC4)cc1. The molecule has 0 saturated carbocycles. The van der Waals surface area contributed by atoms with Crippen molar-refractivity contribution in [2.75, 3.05) is 7.11 Å². The van der Waals surface area contributed by atoms with Crippen LogP contribution < -0.4 is 10.3 Å². The number of methoxy groups -OCH3 is 1. The highest BCUT2D eigenvalue weighted by molar-refractivity contribution is 7.98. The lowest BCUT2D eigenvalue weighted by molar-refractivity contribution is 0.414. The summed E-state index contributed by atoms with van der Waals surface area (Å²) in [6, 6.07) is 7.50. The highest BCUT2D eigenvalue weighted by atomic mass is 32.2. The van der Waals surface area contributed by atoms with E-state index in [1.165, 1.54) is 28.6 Å². The topological polar surface area (TPSA) is 98.6 Å². The van der Waals surface area contributed by atoms with E-state index in [9.17, 15) is 4.79 Å². The molecule has 0 saturated heterocycles. The van der Waals surface area contributed by atoms with Crippen LogP contribution in [-0.2, 0) is 18.6 Å². The second-order valence-electron chi connectivity index (χ2n) is 6.76. The summed E-state index contributed by atoms with van der Waals surface area (Å²) in [7, 11) is 1.63. The quantitative estimate of drug-likeness (QED) is 0.490. The lowest BCUT2D eigenvalue weighted by atomic mass is 9.97. The van der Waals surface area contributed by atoms with Gasteiger partial charge in [-0.1, -0.05) is 11.8 Å². The van der Waals surface area contributed by atoms with E-state index in [1.807, 2.05) is 24.3 Å². The van der Waals surface area contributed by atoms with E-state index in [0.29, 0.717) is 16.7 Å². The predicted molar refractivity (Wildman–Crippen MR) is 112 cm³/mol. The number of H-pyrrole nitrogens is 1. The molecule has 29 heavy (non-hydrogen) atoms. The molecule has 0 aliphatic heterocycles. The minimum atomic E-state index is -0.0419. The van der Waals surface area contributed by atoms with E-state index in [-0.39, 0.29) is 5.56 Å². The number of rotatable bonds is 5. The molecule has 3 heterocycles. The number of benzene rings is 1. The van der Waals surface area contributed by atoms with Crippen LogP contribution in [-0.4, -0.2) is 37.3 Å². The molecular weight excluding hydrogens is 408 g/mol. The zero-order valence-electron chi connectivity index (χ0n) is 15.7. The highest BCUT2D eigenvalue weighted by Gasteiger charge is 2.20. The number of fused-ring (bicyclic) bond motifs is 3. The first-order valence-electron chi connectivity index (χ1n) is 9.32. The first-order chi connectivity index (χ1) is 14.2. The fourth-order valence-electron chi connectivity index (χ4n) is 3.56. The molecule has 4 aromatic rings. The average molecular weight is 427 g/mol. The fourth-order valence-corrected chi connectivity index (χ4v) is 5.61. The second-order valence-corrected chi connectivity index (χ2v) is 8.79. The molecule has 10 heteroatoms. The Labute approximate surface area is 174 Å². The summed E-state index contributed by atoms with van der Waals surface area (Å²) in [6.07, 6.45) is 4.36. The molecule has 1 N–H and O–H groups in total. The second kappa shape index (κ2) is 7.60. The summed E-state index contributed by atoms with van der Waals surface area (Å²) >= 11 is 3.09. The molecule has 3 aromatic heterocycles. The molecular formula is C19H18N6O2S2. The number of thiophene rings is 1. The van der Waals surface area contributed by atoms with Crippen LogP contribution in [0.4, 0.5) is 0 Å². The van der Waals surface area contributed by atoms with Crippen LogP contribution in [0.15, 0.2) is 34.2 Å². The van der Waals surface area contributed by atoms with Crippen molar-refractivity contribution in [3.63, 3.8) is 0 Å². The van der Waals surface area contributed by atoms with Crippen molar-refractivity contribution in [1.29, 1.82) is 0 Å². The number of tetrazole rings is 1. The smallest absolute Gasteiger partial charge is 0.259 e. The summed E-state index contributed by atoms with van der Waals surface area (Å²) in [5, 5.41) is 13.4. The predicted octanol–water partition coefficient (Wildman–Crippen LogP) is 3.14. The molecule has 5 rings (SSSR count). The van der Waals surface area contributed by atoms with E-state index in [4.69, 9.17) is 9.72 Å². The van der Waals surface area contributed by atoms with Crippen LogP contribution in [0.25, 0.3) is 15.9 Å². The van der Waals surface area contributed by atoms with Gasteiger partial charge < -0.3 is 9.72 Å². The Morgan fingerprint density at radius 1 is 1.24 bits per heavy atom. The third kappa shape index (κ3) is 3.42. The number of nitrogens with one attached hydrogen (secondary N) is 1. The van der Waals surface area contributed by atoms with Gasteiger partial charge in [-0.25, -0.2) is 4.98 Å². The van der Waals surface area contributed by atoms with E-state index < -0.39 is 0 Å². The van der Waals surface area contributed by atoms with Gasteiger partial charge in [0.25, 0.3) is 5.56 Å². The molecule has 0 amide bonds. The molecule has 1 aliphatic rings. The normalized spacial score (nSPS) is 13.6. The molecule has 148 valence electrons. The number of hydrogen-bond donors (Lipinski definition) is 1. The van der Waals surface area contributed by atoms with Gasteiger partial charge in [-0.2, -0.15) is 4.68 Å². The van der Waals surface area contributed by atoms with Crippen LogP contribution in [0.2, 0.25) is 0 Å². The minimum Gasteiger partial charge on any atom is -0.497 e. The molecule has 1 aliphatic carbocycles. The lowest BCUT2D eigenvalue weighted by Gasteiger charge is -2.09. The molecule has 0 bridgehead atoms. The largest absolute Gasteiger partial charge is 0.497 e. The number of nitrogens with zero attached hydrogens (tertiary/aromatic N) is 5. The van der Waals surface area contributed by atoms with Gasteiger partial charge >= 0.3 is 0 Å². The highest BCUT2D eigenvalue weighted by Crippen LogP contribution is 2.33. The van der Waals surface area contributed by atoms with E-state index >= 15 is 0 Å². The monoisotopic (exact) mass is 426 g/mol. The van der Waals surface area contributed by atoms with Gasteiger partial charge in [0, 0.05) is 4.88 Å². The van der Waals surface area contributed by atoms with Crippen molar-refractivity contribution in [3.05, 3.63) is 50.9 Å². The van der Waals surface area contributed by atoms with Crippen molar-refractivity contribution in [1.82, 2.24) is 30.2 Å². The van der Waals surface area contributed by atoms with Gasteiger partial charge in [-0.05, 0) is 65.9 Å². The molecule has 0 atom stereocenters. The maximum Gasteiger partial charge on any atom is 0.259 e. The lowest BCUT2D eigenvalue weighted by Crippen LogP contribution is -2.12. The van der Waals surface area contributed by atoms with Crippen LogP contribution in [0.5, 0.6) is 5.75 Å². The Hall–Kier alpha value is -2.72. The number of aromatic nitrogens is 6. The van der Waals surface area contributed by atoms with Crippen LogP contribution in [0.1, 0.15) is 29.1 Å². The van der Waals surface area contributed by atoms with E-state index in [1.54, 1.807) is 23.1 Å². The third-order valence-corrected chi connectivity index (χ3v) is 7.09. The molecule has 1 aromatic carbocycles. The van der Waals surface area contributed by atoms with Crippen LogP contribution in [0.3, 0.4) is 0 Å². The van der Waals surface area contributed by atoms with Gasteiger partial charge in [0.2, 0.25) is 5.16 Å². The zero-order valence-corrected chi connectivity index (χ0v) is 17.3. The maximum atomic E-state index is 12.7. The Balaban J connectivity index is 1.40. The molecule has 0 unspecified atom stereocenters. The summed E-state index contributed by atoms with van der Waals surface area (Å²) in [6.45, 7) is 0. The van der Waals surface area contributed by atoms with Gasteiger partial charge in [-0.15, -0.1) is 16.4 Å². The maximum absolute atomic E-state index is 12.7.